The molecule has 2 aromatic carbocycles. The molecule has 0 atom stereocenters. The largest absolute Gasteiger partial charge is 0.345 e. The van der Waals surface area contributed by atoms with E-state index in [0.717, 1.165) is 5.56 Å². The van der Waals surface area contributed by atoms with Crippen molar-refractivity contribution in [2.45, 2.75) is 0 Å². The lowest BCUT2D eigenvalue weighted by molar-refractivity contribution is -0.123. The molecule has 3 N–H and O–H groups in total. The highest BCUT2D eigenvalue weighted by Gasteiger charge is 2.13. The Hall–Kier alpha value is -2.65. The second-order valence-corrected chi connectivity index (χ2v) is 8.31. The molecule has 0 saturated carbocycles. The van der Waals surface area contributed by atoms with E-state index in [1.54, 1.807) is 17.5 Å². The second kappa shape index (κ2) is 10.6. The Kier molecular flexibility index (Phi) is 7.86. The van der Waals surface area contributed by atoms with Gasteiger partial charge in [-0.2, -0.15) is 0 Å². The first-order valence-corrected chi connectivity index (χ1v) is 10.8. The molecular formula is C20H15Cl3N4O3S. The summed E-state index contributed by atoms with van der Waals surface area (Å²) in [4.78, 5) is 40.4. The third kappa shape index (κ3) is 6.67. The van der Waals surface area contributed by atoms with Gasteiger partial charge in [-0.15, -0.1) is 11.3 Å². The summed E-state index contributed by atoms with van der Waals surface area (Å²) in [5.41, 5.74) is 1.76. The summed E-state index contributed by atoms with van der Waals surface area (Å²) in [7, 11) is 0. The monoisotopic (exact) mass is 496 g/mol. The first-order chi connectivity index (χ1) is 14.8. The van der Waals surface area contributed by atoms with E-state index in [2.05, 4.69) is 20.9 Å². The molecule has 0 bridgehead atoms. The van der Waals surface area contributed by atoms with Crippen molar-refractivity contribution >= 4 is 69.0 Å². The molecule has 3 amide bonds. The third-order valence-corrected chi connectivity index (χ3v) is 5.48. The Bertz CT molecular complexity index is 1120. The molecule has 1 aromatic heterocycles. The maximum atomic E-state index is 12.1. The minimum Gasteiger partial charge on any atom is -0.345 e. The van der Waals surface area contributed by atoms with Crippen LogP contribution in [0.15, 0.2) is 47.8 Å². The minimum absolute atomic E-state index is 0.172. The van der Waals surface area contributed by atoms with Crippen LogP contribution in [-0.4, -0.2) is 35.8 Å². The molecule has 3 aromatic rings. The second-order valence-electron chi connectivity index (χ2n) is 6.18. The smallest absolute Gasteiger partial charge is 0.253 e. The van der Waals surface area contributed by atoms with Gasteiger partial charge in [0.05, 0.1) is 29.4 Å². The lowest BCUT2D eigenvalue weighted by Gasteiger charge is -2.08. The summed E-state index contributed by atoms with van der Waals surface area (Å²) in [6.45, 7) is -0.588. The predicted molar refractivity (Wildman–Crippen MR) is 123 cm³/mol. The van der Waals surface area contributed by atoms with Crippen LogP contribution in [0.5, 0.6) is 0 Å². The van der Waals surface area contributed by atoms with Gasteiger partial charge in [-0.3, -0.25) is 14.4 Å². The Morgan fingerprint density at radius 3 is 2.26 bits per heavy atom. The number of carbonyl (C=O) groups excluding carboxylic acids is 3. The average Bonchev–Trinajstić information content (AvgIpc) is 3.19. The number of carbonyl (C=O) groups is 3. The van der Waals surface area contributed by atoms with E-state index >= 15 is 0 Å². The molecule has 0 radical (unpaired) electrons. The van der Waals surface area contributed by atoms with Crippen molar-refractivity contribution in [1.29, 1.82) is 0 Å². The first kappa shape index (κ1) is 23.0. The Morgan fingerprint density at radius 1 is 0.871 bits per heavy atom. The van der Waals surface area contributed by atoms with E-state index in [9.17, 15) is 14.4 Å². The Morgan fingerprint density at radius 2 is 1.55 bits per heavy atom. The highest BCUT2D eigenvalue weighted by molar-refractivity contribution is 7.14. The Balaban J connectivity index is 1.43. The molecular weight excluding hydrogens is 483 g/mol. The van der Waals surface area contributed by atoms with E-state index in [4.69, 9.17) is 34.8 Å². The number of halogens is 3. The van der Waals surface area contributed by atoms with Crippen LogP contribution in [0.1, 0.15) is 10.4 Å². The summed E-state index contributed by atoms with van der Waals surface area (Å²) in [5, 5.41) is 10.8. The van der Waals surface area contributed by atoms with Crippen LogP contribution in [0.25, 0.3) is 11.3 Å². The van der Waals surface area contributed by atoms with Gasteiger partial charge in [0, 0.05) is 21.0 Å². The van der Waals surface area contributed by atoms with E-state index in [0.29, 0.717) is 20.9 Å². The zero-order valence-electron chi connectivity index (χ0n) is 15.7. The average molecular weight is 498 g/mol. The number of nitrogens with zero attached hydrogens (tertiary/aromatic N) is 1. The molecule has 3 rings (SSSR count). The van der Waals surface area contributed by atoms with Gasteiger partial charge in [0.2, 0.25) is 11.8 Å². The van der Waals surface area contributed by atoms with Crippen LogP contribution >= 0.6 is 46.1 Å². The molecule has 7 nitrogen and oxygen atoms in total. The third-order valence-electron chi connectivity index (χ3n) is 3.92. The van der Waals surface area contributed by atoms with E-state index in [1.165, 1.54) is 29.5 Å². The summed E-state index contributed by atoms with van der Waals surface area (Å²) in [5.74, 6) is -1.51. The fourth-order valence-electron chi connectivity index (χ4n) is 2.42. The van der Waals surface area contributed by atoms with Gasteiger partial charge in [0.1, 0.15) is 0 Å². The molecule has 0 aliphatic heterocycles. The number of amides is 3. The van der Waals surface area contributed by atoms with Crippen molar-refractivity contribution in [2.24, 2.45) is 0 Å². The minimum atomic E-state index is -0.533. The van der Waals surface area contributed by atoms with Crippen LogP contribution < -0.4 is 16.0 Å². The number of aromatic nitrogens is 1. The highest BCUT2D eigenvalue weighted by atomic mass is 35.5. The van der Waals surface area contributed by atoms with Gasteiger partial charge in [-0.25, -0.2) is 4.98 Å². The number of rotatable bonds is 7. The predicted octanol–water partition coefficient (Wildman–Crippen LogP) is 4.26. The van der Waals surface area contributed by atoms with Crippen LogP contribution in [0.2, 0.25) is 15.1 Å². The van der Waals surface area contributed by atoms with Crippen LogP contribution in [-0.2, 0) is 9.59 Å². The van der Waals surface area contributed by atoms with Crippen LogP contribution in [0.4, 0.5) is 5.13 Å². The standard InChI is InChI=1S/C20H15Cl3N4O3S/c21-12-3-1-11(2-4-12)16-10-31-20(26-16)27-18(29)9-24-17(28)8-25-19(30)14-6-5-13(22)7-15(14)23/h1-7,10H,8-9H2,(H,24,28)(H,25,30)(H,26,27,29). The van der Waals surface area contributed by atoms with Gasteiger partial charge >= 0.3 is 0 Å². The maximum absolute atomic E-state index is 12.1. The molecule has 0 spiro atoms. The normalized spacial score (nSPS) is 10.4. The summed E-state index contributed by atoms with van der Waals surface area (Å²) < 4.78 is 0. The molecule has 0 saturated heterocycles. The molecule has 0 unspecified atom stereocenters. The highest BCUT2D eigenvalue weighted by Crippen LogP contribution is 2.26. The SMILES string of the molecule is O=C(CNC(=O)c1ccc(Cl)cc1Cl)NCC(=O)Nc1nc(-c2ccc(Cl)cc2)cs1. The van der Waals surface area contributed by atoms with Gasteiger partial charge in [-0.05, 0) is 30.3 Å². The van der Waals surface area contributed by atoms with E-state index in [1.807, 2.05) is 12.1 Å². The van der Waals surface area contributed by atoms with Crippen molar-refractivity contribution in [2.75, 3.05) is 18.4 Å². The Labute approximate surface area is 196 Å². The number of thiazole rings is 1. The van der Waals surface area contributed by atoms with Crippen molar-refractivity contribution in [1.82, 2.24) is 15.6 Å². The van der Waals surface area contributed by atoms with E-state index in [-0.39, 0.29) is 23.7 Å². The molecule has 11 heteroatoms. The fraction of sp³-hybridized carbons (Fsp3) is 0.100. The lowest BCUT2D eigenvalue weighted by Crippen LogP contribution is -2.40. The molecule has 1 heterocycles. The number of nitrogens with one attached hydrogen (secondary N) is 3. The van der Waals surface area contributed by atoms with Crippen molar-refractivity contribution in [3.8, 4) is 11.3 Å². The number of hydrogen-bond donors (Lipinski definition) is 3. The zero-order valence-corrected chi connectivity index (χ0v) is 18.8. The van der Waals surface area contributed by atoms with Crippen molar-refractivity contribution in [3.05, 3.63) is 68.5 Å². The van der Waals surface area contributed by atoms with Gasteiger partial charge in [0.25, 0.3) is 5.91 Å². The van der Waals surface area contributed by atoms with Crippen molar-refractivity contribution < 1.29 is 14.4 Å². The van der Waals surface area contributed by atoms with Crippen LogP contribution in [0, 0.1) is 0 Å². The molecule has 160 valence electrons. The topological polar surface area (TPSA) is 100 Å². The fourth-order valence-corrected chi connectivity index (χ4v) is 3.77. The van der Waals surface area contributed by atoms with E-state index < -0.39 is 17.7 Å². The summed E-state index contributed by atoms with van der Waals surface area (Å²) in [6, 6.07) is 11.6. The molecule has 0 aliphatic carbocycles. The summed E-state index contributed by atoms with van der Waals surface area (Å²) >= 11 is 18.9. The van der Waals surface area contributed by atoms with Gasteiger partial charge < -0.3 is 16.0 Å². The zero-order chi connectivity index (χ0) is 22.4. The summed E-state index contributed by atoms with van der Waals surface area (Å²) in [6.07, 6.45) is 0. The van der Waals surface area contributed by atoms with Gasteiger partial charge in [-0.1, -0.05) is 46.9 Å². The van der Waals surface area contributed by atoms with Crippen molar-refractivity contribution in [3.63, 3.8) is 0 Å². The maximum Gasteiger partial charge on any atom is 0.253 e. The first-order valence-electron chi connectivity index (χ1n) is 8.83. The molecule has 0 aliphatic rings. The number of benzene rings is 2. The number of anilines is 1. The molecule has 31 heavy (non-hydrogen) atoms. The lowest BCUT2D eigenvalue weighted by atomic mass is 10.2. The number of hydrogen-bond acceptors (Lipinski definition) is 5. The quantitative estimate of drug-likeness (QED) is 0.454. The molecule has 0 fully saturated rings. The van der Waals surface area contributed by atoms with Crippen LogP contribution in [0.3, 0.4) is 0 Å². The van der Waals surface area contributed by atoms with Gasteiger partial charge in [0.15, 0.2) is 5.13 Å².